The highest BCUT2D eigenvalue weighted by molar-refractivity contribution is 14.1. The third-order valence-corrected chi connectivity index (χ3v) is 3.21. The van der Waals surface area contributed by atoms with Gasteiger partial charge in [0.2, 0.25) is 0 Å². The second-order valence-corrected chi connectivity index (χ2v) is 5.26. The number of aliphatic carboxylic acids is 1. The van der Waals surface area contributed by atoms with Gasteiger partial charge in [-0.15, -0.1) is 0 Å². The van der Waals surface area contributed by atoms with E-state index in [9.17, 15) is 4.79 Å². The van der Waals surface area contributed by atoms with E-state index in [2.05, 4.69) is 22.6 Å². The molecule has 1 N–H and O–H groups in total. The highest BCUT2D eigenvalue weighted by Crippen LogP contribution is 2.18. The van der Waals surface area contributed by atoms with Gasteiger partial charge in [0.05, 0.1) is 5.92 Å². The van der Waals surface area contributed by atoms with Crippen molar-refractivity contribution in [2.24, 2.45) is 11.8 Å². The molecule has 0 aliphatic carbocycles. The topological polar surface area (TPSA) is 37.3 Å². The largest absolute Gasteiger partial charge is 0.481 e. The van der Waals surface area contributed by atoms with E-state index in [1.54, 1.807) is 0 Å². The highest BCUT2D eigenvalue weighted by atomic mass is 127. The van der Waals surface area contributed by atoms with E-state index in [0.717, 1.165) is 5.56 Å². The van der Waals surface area contributed by atoms with Crippen molar-refractivity contribution < 1.29 is 9.90 Å². The normalized spacial score (nSPS) is 12.8. The summed E-state index contributed by atoms with van der Waals surface area (Å²) >= 11 is 2.24. The molecule has 0 fully saturated rings. The van der Waals surface area contributed by atoms with E-state index >= 15 is 0 Å². The molecular formula is C12H15IO2. The Balaban J connectivity index is 2.74. The summed E-state index contributed by atoms with van der Waals surface area (Å²) < 4.78 is 1.17. The van der Waals surface area contributed by atoms with Gasteiger partial charge in [-0.2, -0.15) is 0 Å². The molecule has 0 spiro atoms. The van der Waals surface area contributed by atoms with Crippen LogP contribution in [0.4, 0.5) is 0 Å². The maximum Gasteiger partial charge on any atom is 0.307 e. The molecule has 1 aromatic carbocycles. The van der Waals surface area contributed by atoms with Gasteiger partial charge in [-0.05, 0) is 52.6 Å². The van der Waals surface area contributed by atoms with Gasteiger partial charge in [0, 0.05) is 3.57 Å². The molecule has 0 amide bonds. The molecule has 1 rings (SSSR count). The first kappa shape index (κ1) is 12.5. The first-order valence-electron chi connectivity index (χ1n) is 4.98. The Kier molecular flexibility index (Phi) is 4.57. The summed E-state index contributed by atoms with van der Waals surface area (Å²) in [6.07, 6.45) is 0.615. The van der Waals surface area contributed by atoms with E-state index < -0.39 is 5.97 Å². The summed E-state index contributed by atoms with van der Waals surface area (Å²) in [5, 5.41) is 9.06. The molecule has 1 aromatic rings. The van der Waals surface area contributed by atoms with Crippen molar-refractivity contribution in [1.29, 1.82) is 0 Å². The number of benzene rings is 1. The summed E-state index contributed by atoms with van der Waals surface area (Å²) in [6, 6.07) is 8.02. The Morgan fingerprint density at radius 3 is 2.27 bits per heavy atom. The summed E-state index contributed by atoms with van der Waals surface area (Å²) in [4.78, 5) is 11.0. The number of rotatable bonds is 4. The molecule has 15 heavy (non-hydrogen) atoms. The van der Waals surface area contributed by atoms with Crippen LogP contribution in [0.5, 0.6) is 0 Å². The Morgan fingerprint density at radius 2 is 1.87 bits per heavy atom. The number of carboxylic acids is 1. The standard InChI is InChI=1S/C12H15IO2/c1-8(2)11(12(14)15)7-9-3-5-10(13)6-4-9/h3-6,8,11H,7H2,1-2H3,(H,14,15). The smallest absolute Gasteiger partial charge is 0.307 e. The molecule has 0 saturated carbocycles. The van der Waals surface area contributed by atoms with Crippen LogP contribution in [0.25, 0.3) is 0 Å². The van der Waals surface area contributed by atoms with Crippen molar-refractivity contribution in [2.75, 3.05) is 0 Å². The van der Waals surface area contributed by atoms with Crippen LogP contribution in [0.1, 0.15) is 19.4 Å². The van der Waals surface area contributed by atoms with Gasteiger partial charge in [-0.3, -0.25) is 4.79 Å². The first-order chi connectivity index (χ1) is 7.00. The van der Waals surface area contributed by atoms with E-state index in [-0.39, 0.29) is 11.8 Å². The molecule has 0 radical (unpaired) electrons. The maximum absolute atomic E-state index is 11.0. The summed E-state index contributed by atoms with van der Waals surface area (Å²) in [7, 11) is 0. The average molecular weight is 318 g/mol. The van der Waals surface area contributed by atoms with E-state index in [1.807, 2.05) is 38.1 Å². The van der Waals surface area contributed by atoms with Gasteiger partial charge in [0.25, 0.3) is 0 Å². The molecule has 0 saturated heterocycles. The van der Waals surface area contributed by atoms with Crippen LogP contribution >= 0.6 is 22.6 Å². The fourth-order valence-corrected chi connectivity index (χ4v) is 1.84. The zero-order chi connectivity index (χ0) is 11.4. The third kappa shape index (κ3) is 3.81. The minimum absolute atomic E-state index is 0.168. The molecule has 0 aromatic heterocycles. The van der Waals surface area contributed by atoms with E-state index in [4.69, 9.17) is 5.11 Å². The molecule has 0 heterocycles. The van der Waals surface area contributed by atoms with Gasteiger partial charge in [-0.1, -0.05) is 26.0 Å². The molecule has 3 heteroatoms. The van der Waals surface area contributed by atoms with Crippen LogP contribution < -0.4 is 0 Å². The van der Waals surface area contributed by atoms with Crippen LogP contribution in [-0.2, 0) is 11.2 Å². The SMILES string of the molecule is CC(C)C(Cc1ccc(I)cc1)C(=O)O. The van der Waals surface area contributed by atoms with Crippen molar-refractivity contribution in [3.05, 3.63) is 33.4 Å². The quantitative estimate of drug-likeness (QED) is 0.866. The summed E-state index contributed by atoms with van der Waals surface area (Å²) in [5.41, 5.74) is 1.09. The number of halogens is 1. The number of hydrogen-bond donors (Lipinski definition) is 1. The lowest BCUT2D eigenvalue weighted by Gasteiger charge is -2.15. The minimum atomic E-state index is -0.705. The van der Waals surface area contributed by atoms with E-state index in [0.29, 0.717) is 6.42 Å². The average Bonchev–Trinajstić information content (AvgIpc) is 2.15. The molecule has 82 valence electrons. The van der Waals surface area contributed by atoms with E-state index in [1.165, 1.54) is 3.57 Å². The molecule has 0 aliphatic heterocycles. The van der Waals surface area contributed by atoms with Crippen LogP contribution in [0.3, 0.4) is 0 Å². The van der Waals surface area contributed by atoms with Crippen LogP contribution in [-0.4, -0.2) is 11.1 Å². The Labute approximate surface area is 104 Å². The minimum Gasteiger partial charge on any atom is -0.481 e. The van der Waals surface area contributed by atoms with Gasteiger partial charge < -0.3 is 5.11 Å². The zero-order valence-corrected chi connectivity index (χ0v) is 11.1. The van der Waals surface area contributed by atoms with Crippen molar-refractivity contribution in [3.8, 4) is 0 Å². The van der Waals surface area contributed by atoms with Gasteiger partial charge in [0.15, 0.2) is 0 Å². The van der Waals surface area contributed by atoms with Crippen molar-refractivity contribution in [1.82, 2.24) is 0 Å². The lowest BCUT2D eigenvalue weighted by atomic mass is 9.89. The summed E-state index contributed by atoms with van der Waals surface area (Å²) in [6.45, 7) is 3.90. The van der Waals surface area contributed by atoms with Crippen molar-refractivity contribution in [2.45, 2.75) is 20.3 Å². The van der Waals surface area contributed by atoms with Gasteiger partial charge in [0.1, 0.15) is 0 Å². The summed E-state index contributed by atoms with van der Waals surface area (Å²) in [5.74, 6) is -0.824. The fourth-order valence-electron chi connectivity index (χ4n) is 1.48. The van der Waals surface area contributed by atoms with Crippen molar-refractivity contribution >= 4 is 28.6 Å². The third-order valence-electron chi connectivity index (χ3n) is 2.49. The fraction of sp³-hybridized carbons (Fsp3) is 0.417. The number of hydrogen-bond acceptors (Lipinski definition) is 1. The highest BCUT2D eigenvalue weighted by Gasteiger charge is 2.21. The molecule has 1 unspecified atom stereocenters. The number of carbonyl (C=O) groups is 1. The first-order valence-corrected chi connectivity index (χ1v) is 6.06. The van der Waals surface area contributed by atoms with Crippen LogP contribution in [0, 0.1) is 15.4 Å². The number of carboxylic acid groups (broad SMARTS) is 1. The second-order valence-electron chi connectivity index (χ2n) is 4.02. The zero-order valence-electron chi connectivity index (χ0n) is 8.90. The Hall–Kier alpha value is -0.580. The Bertz CT molecular complexity index is 330. The lowest BCUT2D eigenvalue weighted by molar-refractivity contribution is -0.143. The maximum atomic E-state index is 11.0. The molecule has 1 atom stereocenters. The predicted molar refractivity (Wildman–Crippen MR) is 68.8 cm³/mol. The van der Waals surface area contributed by atoms with Gasteiger partial charge >= 0.3 is 5.97 Å². The predicted octanol–water partition coefficient (Wildman–Crippen LogP) is 3.19. The molecule has 2 nitrogen and oxygen atoms in total. The second kappa shape index (κ2) is 5.49. The molecule has 0 bridgehead atoms. The van der Waals surface area contributed by atoms with Crippen LogP contribution in [0.15, 0.2) is 24.3 Å². The Morgan fingerprint density at radius 1 is 1.33 bits per heavy atom. The monoisotopic (exact) mass is 318 g/mol. The van der Waals surface area contributed by atoms with Gasteiger partial charge in [-0.25, -0.2) is 0 Å². The molecular weight excluding hydrogens is 303 g/mol. The molecule has 0 aliphatic rings. The lowest BCUT2D eigenvalue weighted by Crippen LogP contribution is -2.22. The van der Waals surface area contributed by atoms with Crippen molar-refractivity contribution in [3.63, 3.8) is 0 Å². The van der Waals surface area contributed by atoms with Crippen LogP contribution in [0.2, 0.25) is 0 Å².